The van der Waals surface area contributed by atoms with Crippen molar-refractivity contribution in [3.05, 3.63) is 11.4 Å². The molecule has 0 unspecified atom stereocenters. The van der Waals surface area contributed by atoms with Crippen LogP contribution in [0.4, 0.5) is 11.6 Å². The fourth-order valence-corrected chi connectivity index (χ4v) is 1.65. The molecule has 1 amide bonds. The van der Waals surface area contributed by atoms with Gasteiger partial charge in [-0.05, 0) is 20.8 Å². The zero-order valence-electron chi connectivity index (χ0n) is 12.4. The molecular formula is C13H23N5O. The number of carbonyl (C=O) groups excluding carboxylic acids is 1. The van der Waals surface area contributed by atoms with Gasteiger partial charge in [0.15, 0.2) is 0 Å². The molecule has 19 heavy (non-hydrogen) atoms. The molecule has 0 saturated carbocycles. The number of nitrogens with one attached hydrogen (secondary N) is 2. The summed E-state index contributed by atoms with van der Waals surface area (Å²) in [6.45, 7) is 7.24. The SMILES string of the molecule is CCNc1nc(C)nc(NCCC(=O)N(C)C)c1C. The average Bonchev–Trinajstić information content (AvgIpc) is 2.34. The van der Waals surface area contributed by atoms with E-state index in [1.807, 2.05) is 20.8 Å². The van der Waals surface area contributed by atoms with E-state index in [1.54, 1.807) is 19.0 Å². The number of hydrogen-bond acceptors (Lipinski definition) is 5. The highest BCUT2D eigenvalue weighted by Crippen LogP contribution is 2.19. The van der Waals surface area contributed by atoms with Crippen LogP contribution >= 0.6 is 0 Å². The fraction of sp³-hybridized carbons (Fsp3) is 0.615. The van der Waals surface area contributed by atoms with E-state index < -0.39 is 0 Å². The molecule has 0 aliphatic rings. The highest BCUT2D eigenvalue weighted by atomic mass is 16.2. The number of anilines is 2. The minimum atomic E-state index is 0.0998. The maximum absolute atomic E-state index is 11.5. The Morgan fingerprint density at radius 1 is 1.16 bits per heavy atom. The second kappa shape index (κ2) is 6.92. The van der Waals surface area contributed by atoms with Crippen LogP contribution in [-0.4, -0.2) is 48.0 Å². The predicted molar refractivity (Wildman–Crippen MR) is 77.5 cm³/mol. The van der Waals surface area contributed by atoms with Gasteiger partial charge in [0.25, 0.3) is 0 Å². The molecule has 6 nitrogen and oxygen atoms in total. The van der Waals surface area contributed by atoms with Gasteiger partial charge in [-0.15, -0.1) is 0 Å². The van der Waals surface area contributed by atoms with Gasteiger partial charge in [0.2, 0.25) is 5.91 Å². The van der Waals surface area contributed by atoms with Gasteiger partial charge in [0.05, 0.1) is 0 Å². The predicted octanol–water partition coefficient (Wildman–Crippen LogP) is 1.42. The van der Waals surface area contributed by atoms with Crippen LogP contribution in [0.2, 0.25) is 0 Å². The van der Waals surface area contributed by atoms with Crippen molar-refractivity contribution in [1.29, 1.82) is 0 Å². The summed E-state index contributed by atoms with van der Waals surface area (Å²) in [4.78, 5) is 21.8. The molecule has 106 valence electrons. The largest absolute Gasteiger partial charge is 0.370 e. The van der Waals surface area contributed by atoms with Crippen LogP contribution in [0.5, 0.6) is 0 Å². The van der Waals surface area contributed by atoms with Gasteiger partial charge in [-0.2, -0.15) is 0 Å². The molecule has 0 fully saturated rings. The molecule has 6 heteroatoms. The number of rotatable bonds is 6. The molecule has 0 spiro atoms. The van der Waals surface area contributed by atoms with Crippen molar-refractivity contribution in [3.63, 3.8) is 0 Å². The highest BCUT2D eigenvalue weighted by Gasteiger charge is 2.09. The summed E-state index contributed by atoms with van der Waals surface area (Å²) in [6, 6.07) is 0. The zero-order valence-corrected chi connectivity index (χ0v) is 12.4. The first kappa shape index (κ1) is 15.2. The molecule has 0 aromatic carbocycles. The lowest BCUT2D eigenvalue weighted by Gasteiger charge is -2.14. The molecule has 1 aromatic rings. The molecule has 0 saturated heterocycles. The fourth-order valence-electron chi connectivity index (χ4n) is 1.65. The summed E-state index contributed by atoms with van der Waals surface area (Å²) in [7, 11) is 3.51. The van der Waals surface area contributed by atoms with Crippen molar-refractivity contribution >= 4 is 17.5 Å². The molecule has 0 aliphatic carbocycles. The van der Waals surface area contributed by atoms with Crippen LogP contribution in [0, 0.1) is 13.8 Å². The van der Waals surface area contributed by atoms with Crippen LogP contribution in [0.1, 0.15) is 24.7 Å². The van der Waals surface area contributed by atoms with Gasteiger partial charge < -0.3 is 15.5 Å². The molecule has 1 heterocycles. The summed E-state index contributed by atoms with van der Waals surface area (Å²) >= 11 is 0. The number of amides is 1. The lowest BCUT2D eigenvalue weighted by Crippen LogP contribution is -2.24. The van der Waals surface area contributed by atoms with E-state index in [9.17, 15) is 4.79 Å². The van der Waals surface area contributed by atoms with Crippen LogP contribution in [-0.2, 0) is 4.79 Å². The topological polar surface area (TPSA) is 70.1 Å². The quantitative estimate of drug-likeness (QED) is 0.814. The van der Waals surface area contributed by atoms with Crippen LogP contribution in [0.15, 0.2) is 0 Å². The van der Waals surface area contributed by atoms with Crippen molar-refractivity contribution in [2.45, 2.75) is 27.2 Å². The summed E-state index contributed by atoms with van der Waals surface area (Å²) in [6.07, 6.45) is 0.450. The van der Waals surface area contributed by atoms with Gasteiger partial charge in [-0.3, -0.25) is 4.79 Å². The Morgan fingerprint density at radius 2 is 1.74 bits per heavy atom. The normalized spacial score (nSPS) is 10.2. The van der Waals surface area contributed by atoms with E-state index in [1.165, 1.54) is 0 Å². The van der Waals surface area contributed by atoms with Crippen LogP contribution in [0.3, 0.4) is 0 Å². The molecular weight excluding hydrogens is 242 g/mol. The summed E-state index contributed by atoms with van der Waals surface area (Å²) in [5.41, 5.74) is 0.977. The smallest absolute Gasteiger partial charge is 0.223 e. The first-order valence-electron chi connectivity index (χ1n) is 6.48. The van der Waals surface area contributed by atoms with E-state index in [4.69, 9.17) is 0 Å². The Labute approximate surface area is 114 Å². The first-order chi connectivity index (χ1) is 8.95. The molecule has 0 aliphatic heterocycles. The van der Waals surface area contributed by atoms with Crippen LogP contribution < -0.4 is 10.6 Å². The van der Waals surface area contributed by atoms with Crippen molar-refractivity contribution < 1.29 is 4.79 Å². The maximum Gasteiger partial charge on any atom is 0.223 e. The lowest BCUT2D eigenvalue weighted by molar-refractivity contribution is -0.128. The minimum Gasteiger partial charge on any atom is -0.370 e. The van der Waals surface area contributed by atoms with Crippen molar-refractivity contribution in [1.82, 2.24) is 14.9 Å². The Hall–Kier alpha value is -1.85. The maximum atomic E-state index is 11.5. The van der Waals surface area contributed by atoms with Gasteiger partial charge in [-0.1, -0.05) is 0 Å². The monoisotopic (exact) mass is 265 g/mol. The third kappa shape index (κ3) is 4.39. The molecule has 1 rings (SSSR count). The van der Waals surface area contributed by atoms with E-state index in [2.05, 4.69) is 20.6 Å². The zero-order chi connectivity index (χ0) is 14.4. The number of carbonyl (C=O) groups is 1. The first-order valence-corrected chi connectivity index (χ1v) is 6.48. The van der Waals surface area contributed by atoms with Crippen LogP contribution in [0.25, 0.3) is 0 Å². The van der Waals surface area contributed by atoms with Gasteiger partial charge in [-0.25, -0.2) is 9.97 Å². The standard InChI is InChI=1S/C13H23N5O/c1-6-14-12-9(2)13(17-10(3)16-12)15-8-7-11(19)18(4)5/h6-8H2,1-5H3,(H2,14,15,16,17). The van der Waals surface area contributed by atoms with Crippen molar-refractivity contribution in [2.75, 3.05) is 37.8 Å². The third-order valence-corrected chi connectivity index (χ3v) is 2.73. The highest BCUT2D eigenvalue weighted by molar-refractivity contribution is 5.76. The van der Waals surface area contributed by atoms with Gasteiger partial charge >= 0.3 is 0 Å². The number of nitrogens with zero attached hydrogens (tertiary/aromatic N) is 3. The Morgan fingerprint density at radius 3 is 2.26 bits per heavy atom. The second-order valence-electron chi connectivity index (χ2n) is 4.59. The molecule has 0 radical (unpaired) electrons. The second-order valence-corrected chi connectivity index (χ2v) is 4.59. The lowest BCUT2D eigenvalue weighted by atomic mass is 10.3. The Balaban J connectivity index is 2.70. The van der Waals surface area contributed by atoms with E-state index in [0.29, 0.717) is 18.8 Å². The Bertz CT molecular complexity index is 445. The van der Waals surface area contributed by atoms with Gasteiger partial charge in [0, 0.05) is 39.2 Å². The molecule has 0 atom stereocenters. The summed E-state index contributed by atoms with van der Waals surface area (Å²) < 4.78 is 0. The summed E-state index contributed by atoms with van der Waals surface area (Å²) in [5, 5.41) is 6.41. The minimum absolute atomic E-state index is 0.0998. The number of hydrogen-bond donors (Lipinski definition) is 2. The van der Waals surface area contributed by atoms with Crippen molar-refractivity contribution in [2.24, 2.45) is 0 Å². The average molecular weight is 265 g/mol. The van der Waals surface area contributed by atoms with Gasteiger partial charge in [0.1, 0.15) is 17.5 Å². The molecule has 0 bridgehead atoms. The molecule has 2 N–H and O–H groups in total. The van der Waals surface area contributed by atoms with E-state index >= 15 is 0 Å². The number of aromatic nitrogens is 2. The van der Waals surface area contributed by atoms with E-state index in [-0.39, 0.29) is 5.91 Å². The Kier molecular flexibility index (Phi) is 5.54. The number of aryl methyl sites for hydroxylation is 1. The third-order valence-electron chi connectivity index (χ3n) is 2.73. The van der Waals surface area contributed by atoms with E-state index in [0.717, 1.165) is 23.7 Å². The summed E-state index contributed by atoms with van der Waals surface area (Å²) in [5.74, 6) is 2.44. The van der Waals surface area contributed by atoms with Crippen molar-refractivity contribution in [3.8, 4) is 0 Å². The molecule has 1 aromatic heterocycles.